The van der Waals surface area contributed by atoms with Crippen molar-refractivity contribution >= 4 is 50.7 Å². The summed E-state index contributed by atoms with van der Waals surface area (Å²) in [5.74, 6) is -1.84. The van der Waals surface area contributed by atoms with E-state index < -0.39 is 28.4 Å². The van der Waals surface area contributed by atoms with Gasteiger partial charge in [0.05, 0.1) is 27.7 Å². The Bertz CT molecular complexity index is 1260. The lowest BCUT2D eigenvalue weighted by Crippen LogP contribution is -2.31. The largest absolute Gasteiger partial charge is 0.454 e. The number of anilines is 1. The van der Waals surface area contributed by atoms with Crippen LogP contribution in [0.4, 0.5) is 5.69 Å². The number of ether oxygens (including phenoxy) is 1. The van der Waals surface area contributed by atoms with Crippen LogP contribution in [0.2, 0.25) is 10.0 Å². The van der Waals surface area contributed by atoms with E-state index in [1.165, 1.54) is 49.4 Å². The van der Waals surface area contributed by atoms with E-state index in [-0.39, 0.29) is 33.3 Å². The second-order valence-corrected chi connectivity index (χ2v) is 9.32. The summed E-state index contributed by atoms with van der Waals surface area (Å²) < 4.78 is 32.6. The van der Waals surface area contributed by atoms with Gasteiger partial charge < -0.3 is 10.5 Å². The average Bonchev–Trinajstić information content (AvgIpc) is 2.76. The van der Waals surface area contributed by atoms with Gasteiger partial charge in [0.1, 0.15) is 11.6 Å². The van der Waals surface area contributed by atoms with Gasteiger partial charge in [0.25, 0.3) is 10.0 Å². The molecule has 0 aromatic heterocycles. The molecule has 0 atom stereocenters. The highest BCUT2D eigenvalue weighted by atomic mass is 35.5. The van der Waals surface area contributed by atoms with Crippen LogP contribution in [0.15, 0.2) is 71.3 Å². The van der Waals surface area contributed by atoms with Gasteiger partial charge in [0.15, 0.2) is 6.61 Å². The molecule has 0 spiro atoms. The highest BCUT2D eigenvalue weighted by Crippen LogP contribution is 2.28. The summed E-state index contributed by atoms with van der Waals surface area (Å²) in [5.41, 5.74) is 5.16. The van der Waals surface area contributed by atoms with Gasteiger partial charge in [-0.15, -0.1) is 6.58 Å². The first-order valence-corrected chi connectivity index (χ1v) is 11.5. The van der Waals surface area contributed by atoms with E-state index in [9.17, 15) is 18.0 Å². The molecule has 0 bridgehead atoms. The maximum absolute atomic E-state index is 13.3. The molecule has 172 valence electrons. The van der Waals surface area contributed by atoms with Gasteiger partial charge in [-0.25, -0.2) is 13.2 Å². The number of carbonyl (C=O) groups is 2. The zero-order chi connectivity index (χ0) is 24.8. The quantitative estimate of drug-likeness (QED) is 0.236. The number of nitriles is 1. The standard InChI is InChI=1S/C22H19Cl2N3O5S/c1-3-10-27(16-6-4-15(23)5-7-16)33(30,31)17-8-9-20(24)18(11-17)22(29)32-13-21(28)19(12-25)14(2)26/h3-9,11H,1,10,13,26H2,2H3/b19-14-. The molecule has 0 radical (unpaired) electrons. The molecule has 0 aliphatic heterocycles. The number of nitrogens with two attached hydrogens (primary N) is 1. The number of allylic oxidation sites excluding steroid dienone is 1. The zero-order valence-corrected chi connectivity index (χ0v) is 19.7. The summed E-state index contributed by atoms with van der Waals surface area (Å²) in [5, 5.41) is 9.31. The number of carbonyl (C=O) groups excluding carboxylic acids is 2. The summed E-state index contributed by atoms with van der Waals surface area (Å²) in [7, 11) is -4.14. The van der Waals surface area contributed by atoms with Crippen molar-refractivity contribution in [1.29, 1.82) is 5.26 Å². The van der Waals surface area contributed by atoms with Crippen LogP contribution in [0.5, 0.6) is 0 Å². The Morgan fingerprint density at radius 3 is 2.39 bits per heavy atom. The Hall–Kier alpha value is -3.32. The molecule has 0 aliphatic carbocycles. The summed E-state index contributed by atoms with van der Waals surface area (Å²) in [6, 6.07) is 11.3. The van der Waals surface area contributed by atoms with Gasteiger partial charge in [-0.3, -0.25) is 9.10 Å². The van der Waals surface area contributed by atoms with Gasteiger partial charge in [-0.1, -0.05) is 29.3 Å². The van der Waals surface area contributed by atoms with Gasteiger partial charge in [0.2, 0.25) is 5.78 Å². The SMILES string of the molecule is C=CCN(c1ccc(Cl)cc1)S(=O)(=O)c1ccc(Cl)c(C(=O)OCC(=O)/C(C#N)=C(/C)N)c1. The molecule has 0 unspecified atom stereocenters. The molecule has 2 rings (SSSR count). The third kappa shape index (κ3) is 6.14. The first-order chi connectivity index (χ1) is 15.5. The number of Topliss-reactive ketones (excluding diaryl/α,β-unsaturated/α-hetero) is 1. The molecule has 0 fully saturated rings. The van der Waals surface area contributed by atoms with Crippen molar-refractivity contribution in [3.63, 3.8) is 0 Å². The van der Waals surface area contributed by atoms with Crippen LogP contribution in [0.25, 0.3) is 0 Å². The van der Waals surface area contributed by atoms with Crippen LogP contribution in [-0.2, 0) is 19.6 Å². The van der Waals surface area contributed by atoms with E-state index in [2.05, 4.69) is 6.58 Å². The Morgan fingerprint density at radius 1 is 1.21 bits per heavy atom. The first kappa shape index (κ1) is 25.9. The lowest BCUT2D eigenvalue weighted by Gasteiger charge is -2.23. The van der Waals surface area contributed by atoms with Crippen LogP contribution in [0, 0.1) is 11.3 Å². The number of rotatable bonds is 9. The minimum atomic E-state index is -4.14. The van der Waals surface area contributed by atoms with Gasteiger partial charge in [-0.05, 0) is 49.4 Å². The molecule has 2 N–H and O–H groups in total. The number of hydrogen-bond donors (Lipinski definition) is 1. The molecule has 11 heteroatoms. The van der Waals surface area contributed by atoms with Gasteiger partial charge in [-0.2, -0.15) is 5.26 Å². The molecule has 2 aromatic rings. The van der Waals surface area contributed by atoms with Crippen LogP contribution < -0.4 is 10.0 Å². The van der Waals surface area contributed by atoms with Gasteiger partial charge in [0, 0.05) is 10.7 Å². The fourth-order valence-corrected chi connectivity index (χ4v) is 4.45. The van der Waals surface area contributed by atoms with Crippen molar-refractivity contribution in [3.05, 3.63) is 82.0 Å². The number of sulfonamides is 1. The van der Waals surface area contributed by atoms with E-state index in [0.29, 0.717) is 10.7 Å². The first-order valence-electron chi connectivity index (χ1n) is 9.28. The number of ketones is 1. The van der Waals surface area contributed by atoms with Crippen molar-refractivity contribution in [3.8, 4) is 6.07 Å². The fraction of sp³-hybridized carbons (Fsp3) is 0.136. The predicted octanol–water partition coefficient (Wildman–Crippen LogP) is 3.86. The molecule has 0 saturated carbocycles. The molecule has 0 heterocycles. The van der Waals surface area contributed by atoms with Crippen molar-refractivity contribution < 1.29 is 22.7 Å². The molecule has 2 aromatic carbocycles. The van der Waals surface area contributed by atoms with Crippen LogP contribution in [-0.4, -0.2) is 33.3 Å². The Labute approximate surface area is 201 Å². The summed E-state index contributed by atoms with van der Waals surface area (Å²) in [4.78, 5) is 24.3. The summed E-state index contributed by atoms with van der Waals surface area (Å²) in [6.45, 7) is 4.13. The highest BCUT2D eigenvalue weighted by Gasteiger charge is 2.26. The third-order valence-electron chi connectivity index (χ3n) is 4.27. The third-order valence-corrected chi connectivity index (χ3v) is 6.65. The Morgan fingerprint density at radius 2 is 1.85 bits per heavy atom. The zero-order valence-electron chi connectivity index (χ0n) is 17.4. The highest BCUT2D eigenvalue weighted by molar-refractivity contribution is 7.92. The number of esters is 1. The van der Waals surface area contributed by atoms with Crippen LogP contribution in [0.1, 0.15) is 17.3 Å². The fourth-order valence-electron chi connectivity index (χ4n) is 2.67. The number of nitrogens with zero attached hydrogens (tertiary/aromatic N) is 2. The lowest BCUT2D eigenvalue weighted by molar-refractivity contribution is -0.118. The molecular formula is C22H19Cl2N3O5S. The van der Waals surface area contributed by atoms with Crippen LogP contribution >= 0.6 is 23.2 Å². The minimum absolute atomic E-state index is 0.0193. The van der Waals surface area contributed by atoms with E-state index >= 15 is 0 Å². The van der Waals surface area contributed by atoms with E-state index in [4.69, 9.17) is 38.9 Å². The van der Waals surface area contributed by atoms with Crippen molar-refractivity contribution in [2.75, 3.05) is 17.5 Å². The maximum atomic E-state index is 13.3. The minimum Gasteiger partial charge on any atom is -0.454 e. The van der Waals surface area contributed by atoms with E-state index in [1.54, 1.807) is 6.07 Å². The Balaban J connectivity index is 2.37. The Kier molecular flexibility index (Phi) is 8.65. The average molecular weight is 508 g/mol. The smallest absolute Gasteiger partial charge is 0.340 e. The summed E-state index contributed by atoms with van der Waals surface area (Å²) >= 11 is 12.0. The molecule has 0 saturated heterocycles. The maximum Gasteiger partial charge on any atom is 0.340 e. The normalized spacial score (nSPS) is 11.7. The molecular weight excluding hydrogens is 489 g/mol. The topological polar surface area (TPSA) is 131 Å². The number of halogens is 2. The second kappa shape index (κ2) is 11.0. The van der Waals surface area contributed by atoms with Gasteiger partial charge >= 0.3 is 5.97 Å². The van der Waals surface area contributed by atoms with Crippen molar-refractivity contribution in [2.24, 2.45) is 5.73 Å². The van der Waals surface area contributed by atoms with E-state index in [0.717, 1.165) is 10.4 Å². The van der Waals surface area contributed by atoms with E-state index in [1.807, 2.05) is 0 Å². The molecule has 8 nitrogen and oxygen atoms in total. The van der Waals surface area contributed by atoms with Crippen molar-refractivity contribution in [1.82, 2.24) is 0 Å². The number of hydrogen-bond acceptors (Lipinski definition) is 7. The van der Waals surface area contributed by atoms with Crippen molar-refractivity contribution in [2.45, 2.75) is 11.8 Å². The molecule has 0 amide bonds. The lowest BCUT2D eigenvalue weighted by atomic mass is 10.1. The monoisotopic (exact) mass is 507 g/mol. The summed E-state index contributed by atoms with van der Waals surface area (Å²) in [6.07, 6.45) is 1.41. The molecule has 33 heavy (non-hydrogen) atoms. The number of benzene rings is 2. The second-order valence-electron chi connectivity index (χ2n) is 6.61. The predicted molar refractivity (Wildman–Crippen MR) is 125 cm³/mol. The molecule has 0 aliphatic rings. The van der Waals surface area contributed by atoms with Crippen LogP contribution in [0.3, 0.4) is 0 Å².